The zero-order valence-electron chi connectivity index (χ0n) is 17.8. The average Bonchev–Trinajstić information content (AvgIpc) is 3.22. The second-order valence-corrected chi connectivity index (χ2v) is 7.62. The fourth-order valence-electron chi connectivity index (χ4n) is 3.42. The minimum atomic E-state index is -0.231. The lowest BCUT2D eigenvalue weighted by Crippen LogP contribution is -2.35. The summed E-state index contributed by atoms with van der Waals surface area (Å²) >= 11 is 0. The number of carbonyl (C=O) groups excluding carboxylic acids is 1. The molecule has 162 valence electrons. The molecular formula is C23H25N3O5. The van der Waals surface area contributed by atoms with Crippen LogP contribution in [-0.2, 0) is 4.79 Å². The summed E-state index contributed by atoms with van der Waals surface area (Å²) in [6.07, 6.45) is 0. The number of amides is 1. The predicted octanol–water partition coefficient (Wildman–Crippen LogP) is 3.71. The molecule has 8 nitrogen and oxygen atoms in total. The molecule has 0 radical (unpaired) electrons. The maximum absolute atomic E-state index is 12.7. The van der Waals surface area contributed by atoms with Crippen molar-refractivity contribution in [1.29, 1.82) is 0 Å². The van der Waals surface area contributed by atoms with Crippen LogP contribution in [0, 0.1) is 12.8 Å². The molecule has 4 rings (SSSR count). The summed E-state index contributed by atoms with van der Waals surface area (Å²) in [4.78, 5) is 16.9. The molecule has 2 heterocycles. The number of para-hydroxylation sites is 1. The summed E-state index contributed by atoms with van der Waals surface area (Å²) in [5.41, 5.74) is 1.59. The molecule has 3 aromatic rings. The van der Waals surface area contributed by atoms with Crippen LogP contribution in [0.3, 0.4) is 0 Å². The fraction of sp³-hybridized carbons (Fsp3) is 0.348. The van der Waals surface area contributed by atoms with Crippen LogP contribution in [0.4, 0.5) is 0 Å². The van der Waals surface area contributed by atoms with Crippen LogP contribution in [0.15, 0.2) is 47.0 Å². The van der Waals surface area contributed by atoms with E-state index in [0.717, 1.165) is 11.3 Å². The molecule has 8 heteroatoms. The maximum Gasteiger partial charge on any atom is 0.261 e. The van der Waals surface area contributed by atoms with Gasteiger partial charge in [0.25, 0.3) is 11.8 Å². The lowest BCUT2D eigenvalue weighted by molar-refractivity contribution is -0.124. The Labute approximate surface area is 180 Å². The molecule has 0 bridgehead atoms. The molecule has 0 saturated heterocycles. The minimum absolute atomic E-state index is 0.141. The molecule has 1 atom stereocenters. The smallest absolute Gasteiger partial charge is 0.261 e. The third-order valence-corrected chi connectivity index (χ3v) is 4.91. The Balaban J connectivity index is 1.44. The SMILES string of the molecule is Cc1noc(-c2ccccc2OCC(=O)NC(c2ccc3c(c2)OCCO3)C(C)C)n1. The van der Waals surface area contributed by atoms with Crippen molar-refractivity contribution < 1.29 is 23.5 Å². The monoisotopic (exact) mass is 423 g/mol. The van der Waals surface area contributed by atoms with Crippen molar-refractivity contribution in [3.05, 3.63) is 53.9 Å². The van der Waals surface area contributed by atoms with E-state index < -0.39 is 0 Å². The first kappa shape index (κ1) is 20.7. The van der Waals surface area contributed by atoms with Gasteiger partial charge in [0.05, 0.1) is 11.6 Å². The first-order chi connectivity index (χ1) is 15.0. The molecule has 2 aromatic carbocycles. The number of hydrogen-bond donors (Lipinski definition) is 1. The van der Waals surface area contributed by atoms with Crippen molar-refractivity contribution in [2.24, 2.45) is 5.92 Å². The van der Waals surface area contributed by atoms with Crippen molar-refractivity contribution in [1.82, 2.24) is 15.5 Å². The molecule has 0 spiro atoms. The van der Waals surface area contributed by atoms with Gasteiger partial charge in [-0.05, 0) is 42.7 Å². The van der Waals surface area contributed by atoms with Crippen LogP contribution in [0.5, 0.6) is 17.2 Å². The van der Waals surface area contributed by atoms with E-state index in [0.29, 0.717) is 42.0 Å². The van der Waals surface area contributed by atoms with Gasteiger partial charge in [-0.2, -0.15) is 4.98 Å². The third-order valence-electron chi connectivity index (χ3n) is 4.91. The summed E-state index contributed by atoms with van der Waals surface area (Å²) in [6, 6.07) is 12.8. The van der Waals surface area contributed by atoms with Crippen molar-refractivity contribution >= 4 is 5.91 Å². The van der Waals surface area contributed by atoms with Gasteiger partial charge >= 0.3 is 0 Å². The number of rotatable bonds is 7. The van der Waals surface area contributed by atoms with Gasteiger partial charge in [-0.25, -0.2) is 0 Å². The molecule has 0 aliphatic carbocycles. The van der Waals surface area contributed by atoms with E-state index in [9.17, 15) is 4.79 Å². The van der Waals surface area contributed by atoms with Crippen molar-refractivity contribution in [3.63, 3.8) is 0 Å². The molecule has 1 N–H and O–H groups in total. The number of ether oxygens (including phenoxy) is 3. The van der Waals surface area contributed by atoms with Gasteiger partial charge < -0.3 is 24.1 Å². The second-order valence-electron chi connectivity index (χ2n) is 7.62. The average molecular weight is 423 g/mol. The zero-order valence-corrected chi connectivity index (χ0v) is 17.8. The number of hydrogen-bond acceptors (Lipinski definition) is 7. The molecule has 0 fully saturated rings. The second kappa shape index (κ2) is 9.07. The number of carbonyl (C=O) groups is 1. The Kier molecular flexibility index (Phi) is 6.06. The molecule has 1 aliphatic heterocycles. The Bertz CT molecular complexity index is 1060. The largest absolute Gasteiger partial charge is 0.486 e. The van der Waals surface area contributed by atoms with Crippen molar-refractivity contribution in [3.8, 4) is 28.7 Å². The van der Waals surface area contributed by atoms with E-state index in [1.165, 1.54) is 0 Å². The van der Waals surface area contributed by atoms with E-state index >= 15 is 0 Å². The summed E-state index contributed by atoms with van der Waals surface area (Å²) in [5.74, 6) is 2.74. The van der Waals surface area contributed by atoms with Crippen LogP contribution >= 0.6 is 0 Å². The van der Waals surface area contributed by atoms with Crippen LogP contribution in [0.1, 0.15) is 31.3 Å². The lowest BCUT2D eigenvalue weighted by Gasteiger charge is -2.25. The molecule has 1 amide bonds. The quantitative estimate of drug-likeness (QED) is 0.619. The fourth-order valence-corrected chi connectivity index (χ4v) is 3.42. The van der Waals surface area contributed by atoms with Gasteiger partial charge in [0.15, 0.2) is 23.9 Å². The van der Waals surface area contributed by atoms with Gasteiger partial charge in [0, 0.05) is 0 Å². The topological polar surface area (TPSA) is 95.7 Å². The van der Waals surface area contributed by atoms with E-state index in [2.05, 4.69) is 29.3 Å². The molecular weight excluding hydrogens is 398 g/mol. The predicted molar refractivity (Wildman–Crippen MR) is 113 cm³/mol. The van der Waals surface area contributed by atoms with Gasteiger partial charge in [-0.3, -0.25) is 4.79 Å². The summed E-state index contributed by atoms with van der Waals surface area (Å²) in [5, 5.41) is 6.87. The van der Waals surface area contributed by atoms with Crippen LogP contribution < -0.4 is 19.5 Å². The highest BCUT2D eigenvalue weighted by Gasteiger charge is 2.22. The highest BCUT2D eigenvalue weighted by Crippen LogP contribution is 2.34. The number of aromatic nitrogens is 2. The lowest BCUT2D eigenvalue weighted by atomic mass is 9.95. The molecule has 1 aromatic heterocycles. The molecule has 1 aliphatic rings. The van der Waals surface area contributed by atoms with Gasteiger partial charge in [-0.15, -0.1) is 0 Å². The number of nitrogens with one attached hydrogen (secondary N) is 1. The van der Waals surface area contributed by atoms with Crippen molar-refractivity contribution in [2.45, 2.75) is 26.8 Å². The van der Waals surface area contributed by atoms with Crippen LogP contribution in [-0.4, -0.2) is 35.9 Å². The number of benzene rings is 2. The summed E-state index contributed by atoms with van der Waals surface area (Å²) < 4.78 is 22.3. The van der Waals surface area contributed by atoms with Crippen LogP contribution in [0.25, 0.3) is 11.5 Å². The first-order valence-corrected chi connectivity index (χ1v) is 10.2. The maximum atomic E-state index is 12.7. The highest BCUT2D eigenvalue weighted by atomic mass is 16.6. The normalized spacial score (nSPS) is 13.7. The number of nitrogens with zero attached hydrogens (tertiary/aromatic N) is 2. The number of aryl methyl sites for hydroxylation is 1. The molecule has 31 heavy (non-hydrogen) atoms. The van der Waals surface area contributed by atoms with E-state index in [1.54, 1.807) is 13.0 Å². The summed E-state index contributed by atoms with van der Waals surface area (Å²) in [7, 11) is 0. The highest BCUT2D eigenvalue weighted by molar-refractivity contribution is 5.78. The first-order valence-electron chi connectivity index (χ1n) is 10.2. The molecule has 1 unspecified atom stereocenters. The number of fused-ring (bicyclic) bond motifs is 1. The zero-order chi connectivity index (χ0) is 21.8. The Morgan fingerprint density at radius 1 is 1.13 bits per heavy atom. The van der Waals surface area contributed by atoms with Gasteiger partial charge in [-0.1, -0.05) is 37.2 Å². The minimum Gasteiger partial charge on any atom is -0.486 e. The third kappa shape index (κ3) is 4.79. The van der Waals surface area contributed by atoms with E-state index in [-0.39, 0.29) is 24.5 Å². The Hall–Kier alpha value is -3.55. The van der Waals surface area contributed by atoms with Gasteiger partial charge in [0.1, 0.15) is 19.0 Å². The van der Waals surface area contributed by atoms with Gasteiger partial charge in [0.2, 0.25) is 0 Å². The standard InChI is InChI=1S/C23H25N3O5/c1-14(2)22(16-8-9-19-20(12-16)29-11-10-28-19)25-21(27)13-30-18-7-5-4-6-17(18)23-24-15(3)26-31-23/h4-9,12,14,22H,10-11,13H2,1-3H3,(H,25,27). The summed E-state index contributed by atoms with van der Waals surface area (Å²) in [6.45, 7) is 6.76. The van der Waals surface area contributed by atoms with Crippen LogP contribution in [0.2, 0.25) is 0 Å². The Morgan fingerprint density at radius 2 is 1.90 bits per heavy atom. The van der Waals surface area contributed by atoms with E-state index in [4.69, 9.17) is 18.7 Å². The van der Waals surface area contributed by atoms with E-state index in [1.807, 2.05) is 36.4 Å². The Morgan fingerprint density at radius 3 is 2.65 bits per heavy atom. The molecule has 0 saturated carbocycles. The van der Waals surface area contributed by atoms with Crippen molar-refractivity contribution in [2.75, 3.05) is 19.8 Å².